The van der Waals surface area contributed by atoms with Crippen molar-refractivity contribution in [2.45, 2.75) is 6.92 Å². The van der Waals surface area contributed by atoms with Crippen molar-refractivity contribution < 1.29 is 13.9 Å². The number of amides is 1. The van der Waals surface area contributed by atoms with E-state index in [2.05, 4.69) is 37.2 Å². The summed E-state index contributed by atoms with van der Waals surface area (Å²) >= 11 is 6.74. The average molecular weight is 417 g/mol. The highest BCUT2D eigenvalue weighted by atomic mass is 79.9. The average Bonchev–Trinajstić information content (AvgIpc) is 2.44. The molecule has 0 aliphatic carbocycles. The Morgan fingerprint density at radius 3 is 2.52 bits per heavy atom. The van der Waals surface area contributed by atoms with Crippen LogP contribution in [-0.4, -0.2) is 13.0 Å². The Kier molecular flexibility index (Phi) is 5.00. The first-order chi connectivity index (χ1) is 9.92. The summed E-state index contributed by atoms with van der Waals surface area (Å²) < 4.78 is 19.9. The topological polar surface area (TPSA) is 38.3 Å². The summed E-state index contributed by atoms with van der Waals surface area (Å²) in [7, 11) is 1.54. The van der Waals surface area contributed by atoms with Crippen molar-refractivity contribution in [3.8, 4) is 5.75 Å². The Bertz CT molecular complexity index is 704. The van der Waals surface area contributed by atoms with Gasteiger partial charge in [0.2, 0.25) is 0 Å². The number of ether oxygens (including phenoxy) is 1. The molecule has 0 unspecified atom stereocenters. The van der Waals surface area contributed by atoms with Gasteiger partial charge in [-0.15, -0.1) is 0 Å². The number of carbonyl (C=O) groups excluding carboxylic acids is 1. The van der Waals surface area contributed by atoms with Gasteiger partial charge in [0.1, 0.15) is 11.6 Å². The molecule has 3 nitrogen and oxygen atoms in total. The van der Waals surface area contributed by atoms with E-state index in [0.717, 1.165) is 4.47 Å². The summed E-state index contributed by atoms with van der Waals surface area (Å²) in [6, 6.07) is 7.71. The third-order valence-electron chi connectivity index (χ3n) is 2.91. The molecule has 0 heterocycles. The molecule has 0 aliphatic heterocycles. The van der Waals surface area contributed by atoms with Crippen LogP contribution in [-0.2, 0) is 0 Å². The van der Waals surface area contributed by atoms with Crippen LogP contribution in [0.4, 0.5) is 10.1 Å². The molecule has 110 valence electrons. The largest absolute Gasteiger partial charge is 0.495 e. The van der Waals surface area contributed by atoms with Crippen LogP contribution >= 0.6 is 31.9 Å². The zero-order valence-electron chi connectivity index (χ0n) is 11.3. The Morgan fingerprint density at radius 2 is 1.90 bits per heavy atom. The first-order valence-electron chi connectivity index (χ1n) is 6.03. The van der Waals surface area contributed by atoms with Gasteiger partial charge >= 0.3 is 0 Å². The molecule has 0 saturated heterocycles. The van der Waals surface area contributed by atoms with E-state index in [1.807, 2.05) is 0 Å². The SMILES string of the molecule is COc1cc(NC(=O)c2ccc(F)c(C)c2)c(Br)cc1Br. The zero-order chi connectivity index (χ0) is 15.6. The summed E-state index contributed by atoms with van der Waals surface area (Å²) in [6.45, 7) is 1.62. The van der Waals surface area contributed by atoms with E-state index >= 15 is 0 Å². The van der Waals surface area contributed by atoms with Gasteiger partial charge in [-0.25, -0.2) is 4.39 Å². The second-order valence-electron chi connectivity index (χ2n) is 4.38. The molecule has 21 heavy (non-hydrogen) atoms. The smallest absolute Gasteiger partial charge is 0.255 e. The van der Waals surface area contributed by atoms with Crippen LogP contribution in [0.2, 0.25) is 0 Å². The lowest BCUT2D eigenvalue weighted by Crippen LogP contribution is -2.12. The second kappa shape index (κ2) is 6.58. The van der Waals surface area contributed by atoms with E-state index in [1.54, 1.807) is 26.2 Å². The van der Waals surface area contributed by atoms with E-state index in [1.165, 1.54) is 18.2 Å². The van der Waals surface area contributed by atoms with Crippen LogP contribution in [0.25, 0.3) is 0 Å². The first-order valence-corrected chi connectivity index (χ1v) is 7.61. The van der Waals surface area contributed by atoms with Crippen molar-refractivity contribution in [2.75, 3.05) is 12.4 Å². The molecule has 1 N–H and O–H groups in total. The number of nitrogens with one attached hydrogen (secondary N) is 1. The summed E-state index contributed by atoms with van der Waals surface area (Å²) in [5.74, 6) is -0.0509. The number of hydrogen-bond acceptors (Lipinski definition) is 2. The maximum absolute atomic E-state index is 13.2. The minimum Gasteiger partial charge on any atom is -0.495 e. The molecule has 0 aliphatic rings. The number of methoxy groups -OCH3 is 1. The number of aryl methyl sites for hydroxylation is 1. The van der Waals surface area contributed by atoms with Gasteiger partial charge in [-0.3, -0.25) is 4.79 Å². The second-order valence-corrected chi connectivity index (χ2v) is 6.09. The highest BCUT2D eigenvalue weighted by molar-refractivity contribution is 9.11. The molecule has 0 atom stereocenters. The fraction of sp³-hybridized carbons (Fsp3) is 0.133. The molecule has 0 aromatic heterocycles. The standard InChI is InChI=1S/C15H12Br2FNO2/c1-8-5-9(3-4-12(8)18)15(20)19-13-7-14(21-2)11(17)6-10(13)16/h3-7H,1-2H3,(H,19,20). The van der Waals surface area contributed by atoms with Crippen molar-refractivity contribution in [1.82, 2.24) is 0 Å². The molecule has 0 radical (unpaired) electrons. The van der Waals surface area contributed by atoms with Crippen LogP contribution in [0, 0.1) is 12.7 Å². The first kappa shape index (κ1) is 16.0. The molecule has 0 spiro atoms. The molecule has 0 saturated carbocycles. The molecule has 1 amide bonds. The number of anilines is 1. The van der Waals surface area contributed by atoms with Crippen molar-refractivity contribution in [3.63, 3.8) is 0 Å². The van der Waals surface area contributed by atoms with Gasteiger partial charge in [-0.1, -0.05) is 0 Å². The normalized spacial score (nSPS) is 10.3. The van der Waals surface area contributed by atoms with Gasteiger partial charge in [0.15, 0.2) is 0 Å². The predicted octanol–water partition coefficient (Wildman–Crippen LogP) is 4.92. The van der Waals surface area contributed by atoms with Crippen LogP contribution in [0.15, 0.2) is 39.3 Å². The number of rotatable bonds is 3. The third kappa shape index (κ3) is 3.63. The fourth-order valence-electron chi connectivity index (χ4n) is 1.76. The van der Waals surface area contributed by atoms with Crippen molar-refractivity contribution >= 4 is 43.5 Å². The van der Waals surface area contributed by atoms with Gasteiger partial charge in [0.05, 0.1) is 17.3 Å². The third-order valence-corrected chi connectivity index (χ3v) is 4.19. The molecule has 2 rings (SSSR count). The lowest BCUT2D eigenvalue weighted by Gasteiger charge is -2.11. The van der Waals surface area contributed by atoms with E-state index in [4.69, 9.17) is 4.74 Å². The number of halogens is 3. The number of hydrogen-bond donors (Lipinski definition) is 1. The highest BCUT2D eigenvalue weighted by Crippen LogP contribution is 2.34. The Balaban J connectivity index is 2.29. The fourth-order valence-corrected chi connectivity index (χ4v) is 3.02. The summed E-state index contributed by atoms with van der Waals surface area (Å²) in [6.07, 6.45) is 0. The molecule has 0 bridgehead atoms. The quantitative estimate of drug-likeness (QED) is 0.771. The zero-order valence-corrected chi connectivity index (χ0v) is 14.5. The highest BCUT2D eigenvalue weighted by Gasteiger charge is 2.12. The summed E-state index contributed by atoms with van der Waals surface area (Å²) in [5.41, 5.74) is 1.39. The molecule has 6 heteroatoms. The number of carbonyl (C=O) groups is 1. The predicted molar refractivity (Wildman–Crippen MR) is 87.5 cm³/mol. The van der Waals surface area contributed by atoms with Gasteiger partial charge in [-0.05, 0) is 68.6 Å². The Hall–Kier alpha value is -1.40. The molecular formula is C15H12Br2FNO2. The van der Waals surface area contributed by atoms with Crippen molar-refractivity contribution in [2.24, 2.45) is 0 Å². The van der Waals surface area contributed by atoms with Crippen LogP contribution in [0.3, 0.4) is 0 Å². The van der Waals surface area contributed by atoms with Gasteiger partial charge in [-0.2, -0.15) is 0 Å². The van der Waals surface area contributed by atoms with Gasteiger partial charge in [0, 0.05) is 16.1 Å². The van der Waals surface area contributed by atoms with E-state index in [0.29, 0.717) is 27.0 Å². The minimum atomic E-state index is -0.335. The Morgan fingerprint density at radius 1 is 1.19 bits per heavy atom. The summed E-state index contributed by atoms with van der Waals surface area (Å²) in [5, 5.41) is 2.77. The lowest BCUT2D eigenvalue weighted by molar-refractivity contribution is 0.102. The van der Waals surface area contributed by atoms with Crippen LogP contribution in [0.1, 0.15) is 15.9 Å². The van der Waals surface area contributed by atoms with Gasteiger partial charge < -0.3 is 10.1 Å². The molecule has 2 aromatic carbocycles. The van der Waals surface area contributed by atoms with E-state index in [9.17, 15) is 9.18 Å². The minimum absolute atomic E-state index is 0.317. The maximum atomic E-state index is 13.2. The lowest BCUT2D eigenvalue weighted by atomic mass is 10.1. The van der Waals surface area contributed by atoms with Crippen LogP contribution < -0.4 is 10.1 Å². The number of benzene rings is 2. The van der Waals surface area contributed by atoms with Crippen LogP contribution in [0.5, 0.6) is 5.75 Å². The maximum Gasteiger partial charge on any atom is 0.255 e. The Labute approximate surface area is 138 Å². The monoisotopic (exact) mass is 415 g/mol. The van der Waals surface area contributed by atoms with Gasteiger partial charge in [0.25, 0.3) is 5.91 Å². The molecular weight excluding hydrogens is 405 g/mol. The molecule has 2 aromatic rings. The van der Waals surface area contributed by atoms with Crippen molar-refractivity contribution in [3.05, 3.63) is 56.2 Å². The molecule has 0 fully saturated rings. The van der Waals surface area contributed by atoms with E-state index < -0.39 is 0 Å². The summed E-state index contributed by atoms with van der Waals surface area (Å²) in [4.78, 5) is 12.2. The van der Waals surface area contributed by atoms with E-state index in [-0.39, 0.29) is 11.7 Å². The van der Waals surface area contributed by atoms with Crippen molar-refractivity contribution in [1.29, 1.82) is 0 Å².